The third kappa shape index (κ3) is 4.89. The normalized spacial score (nSPS) is 23.0. The van der Waals surface area contributed by atoms with E-state index < -0.39 is 30.2 Å². The molecule has 8 heteroatoms. The first-order valence-corrected chi connectivity index (χ1v) is 6.98. The van der Waals surface area contributed by atoms with Crippen molar-refractivity contribution in [1.82, 2.24) is 15.5 Å². The zero-order chi connectivity index (χ0) is 16.2. The number of carbonyl (C=O) groups is 3. The van der Waals surface area contributed by atoms with Gasteiger partial charge in [0.25, 0.3) is 0 Å². The Morgan fingerprint density at radius 1 is 1.29 bits per heavy atom. The molecule has 3 atom stereocenters. The lowest BCUT2D eigenvalue weighted by atomic mass is 10.2. The highest BCUT2D eigenvalue weighted by Crippen LogP contribution is 2.18. The summed E-state index contributed by atoms with van der Waals surface area (Å²) in [6, 6.07) is -2.50. The Morgan fingerprint density at radius 2 is 1.90 bits per heavy atom. The van der Waals surface area contributed by atoms with Gasteiger partial charge in [-0.3, -0.25) is 4.79 Å². The maximum Gasteiger partial charge on any atom is 0.326 e. The number of hydrogen-bond donors (Lipinski definition) is 4. The SMILES string of the molecule is CC(C)CNC(=O)C(C)NC(=O)N1CC(O)CC1C(=O)O. The highest BCUT2D eigenvalue weighted by Gasteiger charge is 2.39. The summed E-state index contributed by atoms with van der Waals surface area (Å²) in [5.41, 5.74) is 0. The number of hydrogen-bond acceptors (Lipinski definition) is 4. The Labute approximate surface area is 123 Å². The first kappa shape index (κ1) is 17.2. The van der Waals surface area contributed by atoms with E-state index in [0.29, 0.717) is 12.5 Å². The minimum atomic E-state index is -1.17. The summed E-state index contributed by atoms with van der Waals surface area (Å²) in [6.45, 7) is 5.87. The fraction of sp³-hybridized carbons (Fsp3) is 0.769. The molecule has 1 aliphatic rings. The summed E-state index contributed by atoms with van der Waals surface area (Å²) in [5.74, 6) is -1.20. The van der Waals surface area contributed by atoms with E-state index >= 15 is 0 Å². The highest BCUT2D eigenvalue weighted by atomic mass is 16.4. The van der Waals surface area contributed by atoms with Crippen molar-refractivity contribution in [3.63, 3.8) is 0 Å². The molecule has 4 N–H and O–H groups in total. The third-order valence-corrected chi connectivity index (χ3v) is 3.24. The highest BCUT2D eigenvalue weighted by molar-refractivity contribution is 5.88. The Bertz CT molecular complexity index is 413. The van der Waals surface area contributed by atoms with Gasteiger partial charge in [-0.15, -0.1) is 0 Å². The van der Waals surface area contributed by atoms with E-state index in [-0.39, 0.29) is 18.9 Å². The quantitative estimate of drug-likeness (QED) is 0.539. The van der Waals surface area contributed by atoms with Crippen LogP contribution in [0.1, 0.15) is 27.2 Å². The Kier molecular flexibility index (Phi) is 5.95. The number of nitrogens with zero attached hydrogens (tertiary/aromatic N) is 1. The van der Waals surface area contributed by atoms with Gasteiger partial charge in [-0.05, 0) is 12.8 Å². The predicted molar refractivity (Wildman–Crippen MR) is 74.6 cm³/mol. The second-order valence-electron chi connectivity index (χ2n) is 5.71. The molecular formula is C13H23N3O5. The molecule has 3 amide bonds. The van der Waals surface area contributed by atoms with Crippen LogP contribution in [0.3, 0.4) is 0 Å². The van der Waals surface area contributed by atoms with Crippen LogP contribution in [0.4, 0.5) is 4.79 Å². The molecule has 0 bridgehead atoms. The standard InChI is InChI=1S/C13H23N3O5/c1-7(2)5-14-11(18)8(3)15-13(21)16-6-9(17)4-10(16)12(19)20/h7-10,17H,4-6H2,1-3H3,(H,14,18)(H,15,21)(H,19,20). The number of aliphatic carboxylic acids is 1. The summed E-state index contributed by atoms with van der Waals surface area (Å²) in [7, 11) is 0. The smallest absolute Gasteiger partial charge is 0.326 e. The van der Waals surface area contributed by atoms with Crippen molar-refractivity contribution in [2.75, 3.05) is 13.1 Å². The topological polar surface area (TPSA) is 119 Å². The number of nitrogens with one attached hydrogen (secondary N) is 2. The zero-order valence-corrected chi connectivity index (χ0v) is 12.5. The Balaban J connectivity index is 2.55. The van der Waals surface area contributed by atoms with Gasteiger partial charge in [0.1, 0.15) is 12.1 Å². The van der Waals surface area contributed by atoms with Crippen LogP contribution in [-0.4, -0.2) is 64.3 Å². The molecular weight excluding hydrogens is 278 g/mol. The van der Waals surface area contributed by atoms with Gasteiger partial charge in [-0.2, -0.15) is 0 Å². The Morgan fingerprint density at radius 3 is 2.43 bits per heavy atom. The number of amides is 3. The van der Waals surface area contributed by atoms with Gasteiger partial charge in [-0.25, -0.2) is 9.59 Å². The van der Waals surface area contributed by atoms with Crippen LogP contribution >= 0.6 is 0 Å². The molecule has 0 radical (unpaired) electrons. The molecule has 21 heavy (non-hydrogen) atoms. The number of aliphatic hydroxyl groups is 1. The van der Waals surface area contributed by atoms with Gasteiger partial charge in [0, 0.05) is 19.5 Å². The molecule has 1 saturated heterocycles. The number of aliphatic hydroxyl groups excluding tert-OH is 1. The first-order chi connectivity index (χ1) is 9.72. The van der Waals surface area contributed by atoms with Gasteiger partial charge >= 0.3 is 12.0 Å². The summed E-state index contributed by atoms with van der Waals surface area (Å²) in [5, 5.41) is 23.7. The number of β-amino-alcohol motifs (C(OH)–C–C–N with tert-alkyl or cyclic N) is 1. The zero-order valence-electron chi connectivity index (χ0n) is 12.5. The molecule has 8 nitrogen and oxygen atoms in total. The van der Waals surface area contributed by atoms with E-state index in [9.17, 15) is 19.5 Å². The van der Waals surface area contributed by atoms with Crippen molar-refractivity contribution in [1.29, 1.82) is 0 Å². The Hall–Kier alpha value is -1.83. The second-order valence-corrected chi connectivity index (χ2v) is 5.71. The lowest BCUT2D eigenvalue weighted by Gasteiger charge is -2.24. The predicted octanol–water partition coefficient (Wildman–Crippen LogP) is -0.623. The number of rotatable bonds is 5. The van der Waals surface area contributed by atoms with Crippen molar-refractivity contribution in [2.45, 2.75) is 45.4 Å². The van der Waals surface area contributed by atoms with E-state index in [1.54, 1.807) is 0 Å². The summed E-state index contributed by atoms with van der Waals surface area (Å²) in [4.78, 5) is 35.9. The van der Waals surface area contributed by atoms with Crippen LogP contribution in [0.2, 0.25) is 0 Å². The fourth-order valence-corrected chi connectivity index (χ4v) is 2.06. The summed E-state index contributed by atoms with van der Waals surface area (Å²) >= 11 is 0. The van der Waals surface area contributed by atoms with Crippen LogP contribution in [0, 0.1) is 5.92 Å². The first-order valence-electron chi connectivity index (χ1n) is 6.98. The molecule has 0 aromatic carbocycles. The molecule has 0 spiro atoms. The molecule has 1 heterocycles. The van der Waals surface area contributed by atoms with Crippen LogP contribution in [0.15, 0.2) is 0 Å². The maximum absolute atomic E-state index is 12.0. The number of urea groups is 1. The second kappa shape index (κ2) is 7.26. The number of carboxylic acid groups (broad SMARTS) is 1. The lowest BCUT2D eigenvalue weighted by molar-refractivity contribution is -0.141. The van der Waals surface area contributed by atoms with E-state index in [1.165, 1.54) is 6.92 Å². The van der Waals surface area contributed by atoms with Crippen molar-refractivity contribution in [3.8, 4) is 0 Å². The molecule has 120 valence electrons. The van der Waals surface area contributed by atoms with Crippen LogP contribution in [-0.2, 0) is 9.59 Å². The largest absolute Gasteiger partial charge is 0.480 e. The minimum Gasteiger partial charge on any atom is -0.480 e. The van der Waals surface area contributed by atoms with Crippen LogP contribution in [0.25, 0.3) is 0 Å². The van der Waals surface area contributed by atoms with Crippen molar-refractivity contribution in [3.05, 3.63) is 0 Å². The number of carboxylic acids is 1. The average Bonchev–Trinajstić information content (AvgIpc) is 2.78. The molecule has 3 unspecified atom stereocenters. The maximum atomic E-state index is 12.0. The monoisotopic (exact) mass is 301 g/mol. The van der Waals surface area contributed by atoms with E-state index in [0.717, 1.165) is 4.90 Å². The van der Waals surface area contributed by atoms with E-state index in [2.05, 4.69) is 10.6 Å². The van der Waals surface area contributed by atoms with E-state index in [1.807, 2.05) is 13.8 Å². The lowest BCUT2D eigenvalue weighted by Crippen LogP contribution is -2.52. The van der Waals surface area contributed by atoms with Crippen molar-refractivity contribution >= 4 is 17.9 Å². The van der Waals surface area contributed by atoms with E-state index in [4.69, 9.17) is 5.11 Å². The molecule has 1 aliphatic heterocycles. The van der Waals surface area contributed by atoms with Gasteiger partial charge in [0.05, 0.1) is 6.10 Å². The molecule has 0 aromatic rings. The van der Waals surface area contributed by atoms with Gasteiger partial charge in [0.15, 0.2) is 0 Å². The molecule has 0 aromatic heterocycles. The molecule has 0 saturated carbocycles. The number of likely N-dealkylation sites (tertiary alicyclic amines) is 1. The number of carbonyl (C=O) groups excluding carboxylic acids is 2. The van der Waals surface area contributed by atoms with Gasteiger partial charge < -0.3 is 25.7 Å². The van der Waals surface area contributed by atoms with Crippen LogP contribution in [0.5, 0.6) is 0 Å². The average molecular weight is 301 g/mol. The minimum absolute atomic E-state index is 0.00329. The van der Waals surface area contributed by atoms with Gasteiger partial charge in [-0.1, -0.05) is 13.8 Å². The molecule has 1 fully saturated rings. The van der Waals surface area contributed by atoms with Crippen molar-refractivity contribution < 1.29 is 24.6 Å². The summed E-state index contributed by atoms with van der Waals surface area (Å²) in [6.07, 6.45) is -0.863. The molecule has 1 rings (SSSR count). The molecule has 0 aliphatic carbocycles. The van der Waals surface area contributed by atoms with Crippen molar-refractivity contribution in [2.24, 2.45) is 5.92 Å². The van der Waals surface area contributed by atoms with Crippen LogP contribution < -0.4 is 10.6 Å². The fourth-order valence-electron chi connectivity index (χ4n) is 2.06. The third-order valence-electron chi connectivity index (χ3n) is 3.24. The van der Waals surface area contributed by atoms with Gasteiger partial charge in [0.2, 0.25) is 5.91 Å². The summed E-state index contributed by atoms with van der Waals surface area (Å²) < 4.78 is 0.